The van der Waals surface area contributed by atoms with Crippen LogP contribution in [0, 0.1) is 0 Å². The van der Waals surface area contributed by atoms with Crippen LogP contribution in [0.3, 0.4) is 0 Å². The van der Waals surface area contributed by atoms with Gasteiger partial charge in [0.15, 0.2) is 0 Å². The molecule has 8 nitrogen and oxygen atoms in total. The third kappa shape index (κ3) is 6.65. The Labute approximate surface area is 195 Å². The summed E-state index contributed by atoms with van der Waals surface area (Å²) in [6.45, 7) is 1.66. The fourth-order valence-corrected chi connectivity index (χ4v) is 2.85. The van der Waals surface area contributed by atoms with E-state index in [0.717, 1.165) is 0 Å². The topological polar surface area (TPSA) is 106 Å². The van der Waals surface area contributed by atoms with E-state index in [1.54, 1.807) is 73.7 Å². The Morgan fingerprint density at radius 3 is 2.15 bits per heavy atom. The van der Waals surface area contributed by atoms with Gasteiger partial charge in [-0.2, -0.15) is 5.10 Å². The number of methoxy groups -OCH3 is 1. The molecule has 0 spiro atoms. The summed E-state index contributed by atoms with van der Waals surface area (Å²) in [7, 11) is 1.53. The number of carbonyl (C=O) groups excluding carboxylic acids is 3. The highest BCUT2D eigenvalue weighted by Crippen LogP contribution is 2.17. The van der Waals surface area contributed by atoms with Crippen LogP contribution in [0.4, 0.5) is 5.69 Å². The maximum atomic E-state index is 12.2. The van der Waals surface area contributed by atoms with Crippen molar-refractivity contribution in [3.8, 4) is 11.5 Å². The first kappa shape index (κ1) is 23.5. The van der Waals surface area contributed by atoms with Crippen molar-refractivity contribution < 1.29 is 23.9 Å². The van der Waals surface area contributed by atoms with E-state index in [0.29, 0.717) is 39.0 Å². The number of carbonyl (C=O) groups is 3. The van der Waals surface area contributed by atoms with E-state index < -0.39 is 17.8 Å². The van der Waals surface area contributed by atoms with E-state index in [4.69, 9.17) is 21.1 Å². The Hall–Kier alpha value is -4.17. The first-order valence-electron chi connectivity index (χ1n) is 9.73. The second kappa shape index (κ2) is 10.9. The molecule has 168 valence electrons. The number of amides is 2. The number of ether oxygens (including phenoxy) is 2. The number of benzene rings is 3. The van der Waals surface area contributed by atoms with E-state index in [1.165, 1.54) is 13.2 Å². The average Bonchev–Trinajstić information content (AvgIpc) is 2.83. The zero-order chi connectivity index (χ0) is 23.8. The Bertz CT molecular complexity index is 1190. The van der Waals surface area contributed by atoms with Crippen LogP contribution in [0.15, 0.2) is 77.9 Å². The van der Waals surface area contributed by atoms with Crippen molar-refractivity contribution in [2.45, 2.75) is 6.92 Å². The van der Waals surface area contributed by atoms with Gasteiger partial charge in [-0.05, 0) is 79.2 Å². The smallest absolute Gasteiger partial charge is 0.343 e. The molecule has 0 bridgehead atoms. The standard InChI is InChI=1S/C24H20ClN3O5/c1-15(27-28-23(30)22(29)26-19-8-12-20(32-2)13-9-19)16-6-10-21(11-7-16)33-24(31)17-4-3-5-18(25)14-17/h3-14H,1-2H3,(H,26,29)(H,28,30)/b27-15+. The minimum absolute atomic E-state index is 0.333. The summed E-state index contributed by atoms with van der Waals surface area (Å²) in [5.74, 6) is -1.36. The van der Waals surface area contributed by atoms with E-state index in [-0.39, 0.29) is 0 Å². The zero-order valence-electron chi connectivity index (χ0n) is 17.8. The third-order valence-electron chi connectivity index (χ3n) is 4.42. The highest BCUT2D eigenvalue weighted by Gasteiger charge is 2.14. The summed E-state index contributed by atoms with van der Waals surface area (Å²) in [4.78, 5) is 36.2. The molecule has 2 amide bonds. The lowest BCUT2D eigenvalue weighted by atomic mass is 10.1. The van der Waals surface area contributed by atoms with Gasteiger partial charge in [-0.1, -0.05) is 17.7 Å². The van der Waals surface area contributed by atoms with Gasteiger partial charge in [0.05, 0.1) is 18.4 Å². The van der Waals surface area contributed by atoms with Gasteiger partial charge in [0.25, 0.3) is 0 Å². The predicted octanol–water partition coefficient (Wildman–Crippen LogP) is 4.05. The number of hydrogen-bond donors (Lipinski definition) is 2. The van der Waals surface area contributed by atoms with Crippen molar-refractivity contribution >= 4 is 40.8 Å². The Balaban J connectivity index is 1.55. The van der Waals surface area contributed by atoms with Crippen LogP contribution >= 0.6 is 11.6 Å². The van der Waals surface area contributed by atoms with Gasteiger partial charge in [0.1, 0.15) is 11.5 Å². The molecule has 0 fully saturated rings. The number of esters is 1. The van der Waals surface area contributed by atoms with Gasteiger partial charge in [0, 0.05) is 10.7 Å². The minimum Gasteiger partial charge on any atom is -0.497 e. The first-order valence-corrected chi connectivity index (χ1v) is 10.1. The molecule has 2 N–H and O–H groups in total. The summed E-state index contributed by atoms with van der Waals surface area (Å²) in [5, 5.41) is 6.85. The van der Waals surface area contributed by atoms with E-state index in [1.807, 2.05) is 0 Å². The van der Waals surface area contributed by atoms with Gasteiger partial charge >= 0.3 is 17.8 Å². The molecule has 3 aromatic rings. The lowest BCUT2D eigenvalue weighted by molar-refractivity contribution is -0.136. The number of rotatable bonds is 6. The van der Waals surface area contributed by atoms with Crippen LogP contribution in [-0.2, 0) is 9.59 Å². The summed E-state index contributed by atoms with van der Waals surface area (Å²) >= 11 is 5.89. The molecule has 33 heavy (non-hydrogen) atoms. The maximum absolute atomic E-state index is 12.2. The number of anilines is 1. The number of hydrazone groups is 1. The number of hydrogen-bond acceptors (Lipinski definition) is 6. The van der Waals surface area contributed by atoms with Crippen LogP contribution in [0.2, 0.25) is 5.02 Å². The van der Waals surface area contributed by atoms with E-state index in [9.17, 15) is 14.4 Å². The highest BCUT2D eigenvalue weighted by molar-refractivity contribution is 6.39. The molecular formula is C24H20ClN3O5. The van der Waals surface area contributed by atoms with Crippen LogP contribution < -0.4 is 20.2 Å². The van der Waals surface area contributed by atoms with Crippen LogP contribution in [0.25, 0.3) is 0 Å². The van der Waals surface area contributed by atoms with Crippen LogP contribution in [0.5, 0.6) is 11.5 Å². The molecule has 0 heterocycles. The minimum atomic E-state index is -0.919. The quantitative estimate of drug-likeness (QED) is 0.188. The molecule has 9 heteroatoms. The van der Waals surface area contributed by atoms with Crippen molar-refractivity contribution in [3.63, 3.8) is 0 Å². The fourth-order valence-electron chi connectivity index (χ4n) is 2.66. The molecule has 0 radical (unpaired) electrons. The van der Waals surface area contributed by atoms with Crippen LogP contribution in [-0.4, -0.2) is 30.6 Å². The molecular weight excluding hydrogens is 446 g/mol. The van der Waals surface area contributed by atoms with E-state index in [2.05, 4.69) is 15.8 Å². The summed E-state index contributed by atoms with van der Waals surface area (Å²) < 4.78 is 10.4. The zero-order valence-corrected chi connectivity index (χ0v) is 18.6. The fraction of sp³-hybridized carbons (Fsp3) is 0.0833. The van der Waals surface area contributed by atoms with Crippen molar-refractivity contribution in [1.82, 2.24) is 5.43 Å². The average molecular weight is 466 g/mol. The Morgan fingerprint density at radius 2 is 1.52 bits per heavy atom. The molecule has 0 aromatic heterocycles. The van der Waals surface area contributed by atoms with Crippen molar-refractivity contribution in [2.75, 3.05) is 12.4 Å². The third-order valence-corrected chi connectivity index (χ3v) is 4.66. The highest BCUT2D eigenvalue weighted by atomic mass is 35.5. The molecule has 0 saturated heterocycles. The van der Waals surface area contributed by atoms with Crippen molar-refractivity contribution in [1.29, 1.82) is 0 Å². The first-order chi connectivity index (χ1) is 15.9. The van der Waals surface area contributed by atoms with Crippen molar-refractivity contribution in [3.05, 3.63) is 88.9 Å². The molecule has 3 rings (SSSR count). The summed E-state index contributed by atoms with van der Waals surface area (Å²) in [6, 6.07) is 19.5. The van der Waals surface area contributed by atoms with Gasteiger partial charge in [0.2, 0.25) is 0 Å². The van der Waals surface area contributed by atoms with Gasteiger partial charge < -0.3 is 14.8 Å². The molecule has 0 aliphatic carbocycles. The Morgan fingerprint density at radius 1 is 0.848 bits per heavy atom. The Kier molecular flexibility index (Phi) is 7.77. The van der Waals surface area contributed by atoms with Gasteiger partial charge in [-0.25, -0.2) is 10.2 Å². The largest absolute Gasteiger partial charge is 0.497 e. The van der Waals surface area contributed by atoms with E-state index >= 15 is 0 Å². The molecule has 3 aromatic carbocycles. The lowest BCUT2D eigenvalue weighted by Gasteiger charge is -2.07. The van der Waals surface area contributed by atoms with Gasteiger partial charge in [-0.3, -0.25) is 9.59 Å². The summed E-state index contributed by atoms with van der Waals surface area (Å²) in [6.07, 6.45) is 0. The monoisotopic (exact) mass is 465 g/mol. The maximum Gasteiger partial charge on any atom is 0.343 e. The lowest BCUT2D eigenvalue weighted by Crippen LogP contribution is -2.32. The number of halogens is 1. The molecule has 0 atom stereocenters. The molecule has 0 saturated carbocycles. The normalized spacial score (nSPS) is 10.8. The van der Waals surface area contributed by atoms with Crippen molar-refractivity contribution in [2.24, 2.45) is 5.10 Å². The van der Waals surface area contributed by atoms with Crippen LogP contribution in [0.1, 0.15) is 22.8 Å². The second-order valence-corrected chi connectivity index (χ2v) is 7.18. The predicted molar refractivity (Wildman–Crippen MR) is 125 cm³/mol. The second-order valence-electron chi connectivity index (χ2n) is 6.75. The van der Waals surface area contributed by atoms with Gasteiger partial charge in [-0.15, -0.1) is 0 Å². The molecule has 0 aliphatic heterocycles. The summed E-state index contributed by atoms with van der Waals surface area (Å²) in [5.41, 5.74) is 4.10. The molecule has 0 unspecified atom stereocenters. The SMILES string of the molecule is COc1ccc(NC(=O)C(=O)N/N=C(\C)c2ccc(OC(=O)c3cccc(Cl)c3)cc2)cc1. The number of nitrogens with zero attached hydrogens (tertiary/aromatic N) is 1. The molecule has 0 aliphatic rings. The number of nitrogens with one attached hydrogen (secondary N) is 2.